The highest BCUT2D eigenvalue weighted by Crippen LogP contribution is 2.31. The molecule has 1 heterocycles. The Balaban J connectivity index is 1.24. The fraction of sp³-hybridized carbons (Fsp3) is 0.345. The highest BCUT2D eigenvalue weighted by molar-refractivity contribution is 6.31. The van der Waals surface area contributed by atoms with E-state index in [1.54, 1.807) is 0 Å². The van der Waals surface area contributed by atoms with Crippen LogP contribution in [0.15, 0.2) is 60.7 Å². The van der Waals surface area contributed by atoms with Gasteiger partial charge in [-0.3, -0.25) is 4.79 Å². The number of hydrogen-bond donors (Lipinski definition) is 1. The van der Waals surface area contributed by atoms with Gasteiger partial charge in [-0.25, -0.2) is 0 Å². The minimum atomic E-state index is -0.0889. The van der Waals surface area contributed by atoms with Crippen molar-refractivity contribution in [2.75, 3.05) is 6.54 Å². The summed E-state index contributed by atoms with van der Waals surface area (Å²) in [4.78, 5) is 14.9. The number of amides is 1. The number of nitrogens with zero attached hydrogens (tertiary/aromatic N) is 1. The van der Waals surface area contributed by atoms with Gasteiger partial charge in [0.05, 0.1) is 6.61 Å². The van der Waals surface area contributed by atoms with E-state index in [1.807, 2.05) is 59.5 Å². The van der Waals surface area contributed by atoms with Crippen molar-refractivity contribution in [2.45, 2.75) is 51.9 Å². The van der Waals surface area contributed by atoms with E-state index in [4.69, 9.17) is 16.3 Å². The van der Waals surface area contributed by atoms with E-state index in [-0.39, 0.29) is 12.5 Å². The van der Waals surface area contributed by atoms with Gasteiger partial charge in [0.25, 0.3) is 5.91 Å². The summed E-state index contributed by atoms with van der Waals surface area (Å²) in [5.41, 5.74) is 5.69. The summed E-state index contributed by atoms with van der Waals surface area (Å²) >= 11 is 6.14. The minimum absolute atomic E-state index is 0.0889. The monoisotopic (exact) mass is 475 g/mol. The fourth-order valence-corrected chi connectivity index (χ4v) is 5.34. The molecule has 1 amide bonds. The number of aliphatic hydroxyl groups excluding tert-OH is 1. The average Bonchev–Trinajstić information content (AvgIpc) is 3.18. The number of carbonyl (C=O) groups excluding carboxylic acids is 1. The largest absolute Gasteiger partial charge is 0.489 e. The summed E-state index contributed by atoms with van der Waals surface area (Å²) in [7, 11) is 0. The molecule has 1 N–H and O–H groups in total. The van der Waals surface area contributed by atoms with Gasteiger partial charge in [0.15, 0.2) is 0 Å². The van der Waals surface area contributed by atoms with Gasteiger partial charge in [-0.1, -0.05) is 55.1 Å². The highest BCUT2D eigenvalue weighted by atomic mass is 35.5. The third-order valence-corrected chi connectivity index (χ3v) is 7.41. The molecule has 5 rings (SSSR count). The Labute approximate surface area is 206 Å². The molecule has 1 aliphatic carbocycles. The number of ether oxygens (including phenoxy) is 1. The fourth-order valence-electron chi connectivity index (χ4n) is 5.16. The maximum atomic E-state index is 12.9. The van der Waals surface area contributed by atoms with Crippen LogP contribution in [0.4, 0.5) is 0 Å². The van der Waals surface area contributed by atoms with Crippen molar-refractivity contribution in [2.24, 2.45) is 5.92 Å². The van der Waals surface area contributed by atoms with E-state index < -0.39 is 0 Å². The van der Waals surface area contributed by atoms with Crippen LogP contribution < -0.4 is 4.74 Å². The molecule has 0 atom stereocenters. The zero-order valence-corrected chi connectivity index (χ0v) is 20.1. The van der Waals surface area contributed by atoms with E-state index in [0.717, 1.165) is 40.1 Å². The first-order valence-electron chi connectivity index (χ1n) is 12.1. The number of fused-ring (bicyclic) bond motifs is 1. The van der Waals surface area contributed by atoms with Gasteiger partial charge in [-0.15, -0.1) is 0 Å². The Morgan fingerprint density at radius 1 is 0.971 bits per heavy atom. The van der Waals surface area contributed by atoms with Gasteiger partial charge in [0.2, 0.25) is 0 Å². The first-order valence-corrected chi connectivity index (χ1v) is 12.5. The van der Waals surface area contributed by atoms with Crippen molar-refractivity contribution < 1.29 is 14.6 Å². The van der Waals surface area contributed by atoms with Crippen LogP contribution in [0.25, 0.3) is 11.1 Å². The molecule has 1 saturated carbocycles. The predicted molar refractivity (Wildman–Crippen MR) is 135 cm³/mol. The van der Waals surface area contributed by atoms with Crippen molar-refractivity contribution >= 4 is 17.5 Å². The summed E-state index contributed by atoms with van der Waals surface area (Å²) in [6, 6.07) is 19.7. The SMILES string of the molecule is O=C1c2ccc(OCc3cccc(-c4ccc(Cl)c(CO)c4)c3)cc2CN1CC1CCCCC1. The van der Waals surface area contributed by atoms with E-state index >= 15 is 0 Å². The lowest BCUT2D eigenvalue weighted by atomic mass is 9.89. The molecule has 0 radical (unpaired) electrons. The lowest BCUT2D eigenvalue weighted by molar-refractivity contribution is 0.0738. The maximum Gasteiger partial charge on any atom is 0.254 e. The number of aliphatic hydroxyl groups is 1. The minimum Gasteiger partial charge on any atom is -0.489 e. The zero-order chi connectivity index (χ0) is 23.5. The number of carbonyl (C=O) groups is 1. The topological polar surface area (TPSA) is 49.8 Å². The summed E-state index contributed by atoms with van der Waals surface area (Å²) in [5, 5.41) is 10.1. The third kappa shape index (κ3) is 4.98. The third-order valence-electron chi connectivity index (χ3n) is 7.04. The molecule has 3 aromatic rings. The Bertz CT molecular complexity index is 1190. The lowest BCUT2D eigenvalue weighted by Gasteiger charge is -2.26. The van der Waals surface area contributed by atoms with Crippen molar-refractivity contribution in [1.29, 1.82) is 0 Å². The molecule has 2 aliphatic rings. The van der Waals surface area contributed by atoms with Gasteiger partial charge in [0, 0.05) is 23.7 Å². The summed E-state index contributed by atoms with van der Waals surface area (Å²) in [5.74, 6) is 1.58. The Hall–Kier alpha value is -2.82. The number of benzene rings is 3. The molecule has 3 aromatic carbocycles. The van der Waals surface area contributed by atoms with Crippen molar-refractivity contribution in [3.05, 3.63) is 87.9 Å². The lowest BCUT2D eigenvalue weighted by Crippen LogP contribution is -2.30. The van der Waals surface area contributed by atoms with E-state index in [0.29, 0.717) is 29.7 Å². The maximum absolute atomic E-state index is 12.9. The molecule has 34 heavy (non-hydrogen) atoms. The molecule has 1 fully saturated rings. The first-order chi connectivity index (χ1) is 16.6. The van der Waals surface area contributed by atoms with Crippen molar-refractivity contribution in [1.82, 2.24) is 4.90 Å². The van der Waals surface area contributed by atoms with Crippen LogP contribution in [0.3, 0.4) is 0 Å². The van der Waals surface area contributed by atoms with Gasteiger partial charge >= 0.3 is 0 Å². The molecular formula is C29H30ClNO3. The number of halogens is 1. The first kappa shape index (κ1) is 22.9. The molecular weight excluding hydrogens is 446 g/mol. The van der Waals surface area contributed by atoms with Crippen LogP contribution in [-0.4, -0.2) is 22.5 Å². The predicted octanol–water partition coefficient (Wildman–Crippen LogP) is 6.61. The van der Waals surface area contributed by atoms with Crippen molar-refractivity contribution in [3.63, 3.8) is 0 Å². The molecule has 0 spiro atoms. The Kier molecular flexibility index (Phi) is 6.89. The molecule has 176 valence electrons. The molecule has 0 bridgehead atoms. The normalized spacial score (nSPS) is 16.1. The molecule has 0 saturated heterocycles. The molecule has 5 heteroatoms. The molecule has 0 unspecified atom stereocenters. The summed E-state index contributed by atoms with van der Waals surface area (Å²) < 4.78 is 6.10. The average molecular weight is 476 g/mol. The van der Waals surface area contributed by atoms with Gasteiger partial charge in [-0.2, -0.15) is 0 Å². The second-order valence-electron chi connectivity index (χ2n) is 9.46. The van der Waals surface area contributed by atoms with Gasteiger partial charge < -0.3 is 14.7 Å². The Morgan fingerprint density at radius 2 is 1.79 bits per heavy atom. The van der Waals surface area contributed by atoms with Crippen LogP contribution >= 0.6 is 11.6 Å². The van der Waals surface area contributed by atoms with Crippen LogP contribution in [-0.2, 0) is 19.8 Å². The van der Waals surface area contributed by atoms with Crippen LogP contribution in [0.2, 0.25) is 5.02 Å². The Morgan fingerprint density at radius 3 is 2.62 bits per heavy atom. The van der Waals surface area contributed by atoms with Crippen molar-refractivity contribution in [3.8, 4) is 16.9 Å². The standard InChI is InChI=1S/C29H30ClNO3/c30-28-12-9-23(14-25(28)18-32)22-8-4-7-21(13-22)19-34-26-10-11-27-24(15-26)17-31(29(27)33)16-20-5-2-1-3-6-20/h4,7-15,20,32H,1-3,5-6,16-19H2. The van der Waals surface area contributed by atoms with Crippen LogP contribution in [0.5, 0.6) is 5.75 Å². The molecule has 1 aliphatic heterocycles. The van der Waals surface area contributed by atoms with E-state index in [1.165, 1.54) is 32.1 Å². The van der Waals surface area contributed by atoms with Crippen LogP contribution in [0, 0.1) is 5.92 Å². The second-order valence-corrected chi connectivity index (χ2v) is 9.87. The zero-order valence-electron chi connectivity index (χ0n) is 19.3. The summed E-state index contributed by atoms with van der Waals surface area (Å²) in [6.45, 7) is 1.90. The molecule has 4 nitrogen and oxygen atoms in total. The quantitative estimate of drug-likeness (QED) is 0.418. The second kappa shape index (κ2) is 10.2. The number of rotatable bonds is 7. The van der Waals surface area contributed by atoms with Crippen LogP contribution in [0.1, 0.15) is 59.2 Å². The van der Waals surface area contributed by atoms with Gasteiger partial charge in [0.1, 0.15) is 12.4 Å². The molecule has 0 aromatic heterocycles. The number of hydrogen-bond acceptors (Lipinski definition) is 3. The smallest absolute Gasteiger partial charge is 0.254 e. The van der Waals surface area contributed by atoms with E-state index in [2.05, 4.69) is 6.07 Å². The van der Waals surface area contributed by atoms with Gasteiger partial charge in [-0.05, 0) is 83.0 Å². The summed E-state index contributed by atoms with van der Waals surface area (Å²) in [6.07, 6.45) is 6.40. The highest BCUT2D eigenvalue weighted by Gasteiger charge is 2.29. The van der Waals surface area contributed by atoms with E-state index in [9.17, 15) is 9.90 Å².